The van der Waals surface area contributed by atoms with Crippen molar-refractivity contribution < 1.29 is 8.42 Å². The van der Waals surface area contributed by atoms with Gasteiger partial charge in [-0.25, -0.2) is 17.9 Å². The minimum atomic E-state index is -4.04. The number of piperazine rings is 1. The number of likely N-dealkylation sites (N-methyl/N-ethyl adjacent to an activating group) is 1. The molecule has 2 aromatic rings. The van der Waals surface area contributed by atoms with Gasteiger partial charge in [0.15, 0.2) is 4.90 Å². The second-order valence-electron chi connectivity index (χ2n) is 7.47. The highest BCUT2D eigenvalue weighted by molar-refractivity contribution is 7.89. The molecule has 0 aliphatic carbocycles. The number of aromatic nitrogens is 2. The minimum absolute atomic E-state index is 0.0586. The number of aryl methyl sites for hydroxylation is 1. The Labute approximate surface area is 170 Å². The normalized spacial score (nSPS) is 16.2. The fourth-order valence-corrected chi connectivity index (χ4v) is 4.42. The lowest BCUT2D eigenvalue weighted by Crippen LogP contribution is -2.43. The highest BCUT2D eigenvalue weighted by Crippen LogP contribution is 2.10. The van der Waals surface area contributed by atoms with Crippen molar-refractivity contribution in [3.05, 3.63) is 62.4 Å². The summed E-state index contributed by atoms with van der Waals surface area (Å²) in [5.41, 5.74) is 0.540. The molecule has 9 nitrogen and oxygen atoms in total. The zero-order chi connectivity index (χ0) is 21.2. The van der Waals surface area contributed by atoms with Crippen LogP contribution in [0.15, 0.2) is 44.9 Å². The average Bonchev–Trinajstić information content (AvgIpc) is 2.70. The summed E-state index contributed by atoms with van der Waals surface area (Å²) in [5.74, 6) is 0. The van der Waals surface area contributed by atoms with Crippen LogP contribution in [-0.2, 0) is 37.2 Å². The molecule has 0 amide bonds. The van der Waals surface area contributed by atoms with Gasteiger partial charge in [-0.3, -0.25) is 14.3 Å². The van der Waals surface area contributed by atoms with E-state index in [2.05, 4.69) is 21.6 Å². The van der Waals surface area contributed by atoms with E-state index in [0.29, 0.717) is 0 Å². The van der Waals surface area contributed by atoms with Gasteiger partial charge in [0.1, 0.15) is 0 Å². The number of hydrogen-bond acceptors (Lipinski definition) is 6. The zero-order valence-corrected chi connectivity index (χ0v) is 17.8. The maximum atomic E-state index is 12.5. The molecular formula is C19H27N5O4S. The molecule has 2 heterocycles. The van der Waals surface area contributed by atoms with Crippen molar-refractivity contribution in [3.63, 3.8) is 0 Å². The summed E-state index contributed by atoms with van der Waals surface area (Å²) in [6, 6.07) is 7.75. The molecule has 10 heteroatoms. The summed E-state index contributed by atoms with van der Waals surface area (Å²) in [4.78, 5) is 28.2. The summed E-state index contributed by atoms with van der Waals surface area (Å²) >= 11 is 0. The second kappa shape index (κ2) is 8.62. The Morgan fingerprint density at radius 2 is 1.52 bits per heavy atom. The van der Waals surface area contributed by atoms with Crippen molar-refractivity contribution in [2.45, 2.75) is 18.0 Å². The predicted molar refractivity (Wildman–Crippen MR) is 110 cm³/mol. The van der Waals surface area contributed by atoms with Gasteiger partial charge >= 0.3 is 5.69 Å². The Morgan fingerprint density at radius 3 is 2.14 bits per heavy atom. The van der Waals surface area contributed by atoms with Crippen LogP contribution in [0, 0.1) is 0 Å². The Kier molecular flexibility index (Phi) is 6.37. The van der Waals surface area contributed by atoms with Crippen molar-refractivity contribution in [3.8, 4) is 0 Å². The van der Waals surface area contributed by atoms with E-state index < -0.39 is 26.2 Å². The van der Waals surface area contributed by atoms with E-state index in [1.165, 1.54) is 19.7 Å². The number of hydrogen-bond donors (Lipinski definition) is 1. The van der Waals surface area contributed by atoms with Gasteiger partial charge in [0, 0.05) is 59.6 Å². The van der Waals surface area contributed by atoms with Gasteiger partial charge in [-0.15, -0.1) is 0 Å². The van der Waals surface area contributed by atoms with E-state index >= 15 is 0 Å². The van der Waals surface area contributed by atoms with E-state index in [1.54, 1.807) is 0 Å². The van der Waals surface area contributed by atoms with E-state index in [4.69, 9.17) is 0 Å². The van der Waals surface area contributed by atoms with Crippen LogP contribution < -0.4 is 16.0 Å². The summed E-state index contributed by atoms with van der Waals surface area (Å²) in [7, 11) is 0.734. The van der Waals surface area contributed by atoms with E-state index in [-0.39, 0.29) is 6.54 Å². The molecule has 0 bridgehead atoms. The molecule has 3 rings (SSSR count). The maximum Gasteiger partial charge on any atom is 0.330 e. The summed E-state index contributed by atoms with van der Waals surface area (Å²) < 4.78 is 29.4. The minimum Gasteiger partial charge on any atom is -0.304 e. The molecule has 0 spiro atoms. The molecule has 0 saturated carbocycles. The zero-order valence-electron chi connectivity index (χ0n) is 17.0. The third kappa shape index (κ3) is 5.02. The van der Waals surface area contributed by atoms with Gasteiger partial charge in [-0.1, -0.05) is 24.3 Å². The number of rotatable bonds is 6. The summed E-state index contributed by atoms with van der Waals surface area (Å²) in [5, 5.41) is 0. The first kappa shape index (κ1) is 21.4. The number of nitrogens with one attached hydrogen (secondary N) is 1. The standard InChI is InChI=1S/C19H27N5O4S/c1-21-8-10-24(11-9-21)13-16-6-4-15(5-7-16)12-20-29(27,28)17-14-22(2)19(26)23(3)18(17)25/h4-7,14,20H,8-13H2,1-3H3. The van der Waals surface area contributed by atoms with Crippen LogP contribution in [0.5, 0.6) is 0 Å². The van der Waals surface area contributed by atoms with Crippen LogP contribution in [0.2, 0.25) is 0 Å². The van der Waals surface area contributed by atoms with E-state index in [9.17, 15) is 18.0 Å². The molecule has 1 N–H and O–H groups in total. The van der Waals surface area contributed by atoms with E-state index in [0.717, 1.165) is 53.6 Å². The first-order chi connectivity index (χ1) is 13.7. The molecule has 29 heavy (non-hydrogen) atoms. The highest BCUT2D eigenvalue weighted by Gasteiger charge is 2.21. The van der Waals surface area contributed by atoms with Crippen LogP contribution >= 0.6 is 0 Å². The van der Waals surface area contributed by atoms with Gasteiger partial charge in [0.2, 0.25) is 10.0 Å². The van der Waals surface area contributed by atoms with Crippen LogP contribution in [-0.4, -0.2) is 60.6 Å². The van der Waals surface area contributed by atoms with Crippen molar-refractivity contribution in [2.24, 2.45) is 14.1 Å². The largest absolute Gasteiger partial charge is 0.330 e. The Balaban J connectivity index is 1.65. The molecule has 1 saturated heterocycles. The molecule has 158 valence electrons. The van der Waals surface area contributed by atoms with Gasteiger partial charge < -0.3 is 9.47 Å². The highest BCUT2D eigenvalue weighted by atomic mass is 32.2. The second-order valence-corrected chi connectivity index (χ2v) is 9.21. The van der Waals surface area contributed by atoms with Crippen LogP contribution in [0.1, 0.15) is 11.1 Å². The number of nitrogens with zero attached hydrogens (tertiary/aromatic N) is 4. The monoisotopic (exact) mass is 421 g/mol. The quantitative estimate of drug-likeness (QED) is 0.663. The summed E-state index contributed by atoms with van der Waals surface area (Å²) in [6.07, 6.45) is 1.05. The van der Waals surface area contributed by atoms with Gasteiger partial charge in [0.25, 0.3) is 5.56 Å². The Bertz CT molecular complexity index is 1080. The number of sulfonamides is 1. The van der Waals surface area contributed by atoms with Crippen molar-refractivity contribution >= 4 is 10.0 Å². The fourth-order valence-electron chi connectivity index (χ4n) is 3.24. The van der Waals surface area contributed by atoms with Crippen LogP contribution in [0.3, 0.4) is 0 Å². The van der Waals surface area contributed by atoms with Crippen LogP contribution in [0.25, 0.3) is 0 Å². The third-order valence-electron chi connectivity index (χ3n) is 5.20. The number of benzene rings is 1. The van der Waals surface area contributed by atoms with E-state index in [1.807, 2.05) is 24.3 Å². The lowest BCUT2D eigenvalue weighted by atomic mass is 10.1. The smallest absolute Gasteiger partial charge is 0.304 e. The van der Waals surface area contributed by atoms with Crippen molar-refractivity contribution in [1.29, 1.82) is 0 Å². The van der Waals surface area contributed by atoms with Crippen molar-refractivity contribution in [1.82, 2.24) is 23.7 Å². The fraction of sp³-hybridized carbons (Fsp3) is 0.474. The Morgan fingerprint density at radius 1 is 0.931 bits per heavy atom. The molecule has 1 aromatic carbocycles. The topological polar surface area (TPSA) is 96.7 Å². The maximum absolute atomic E-state index is 12.5. The first-order valence-corrected chi connectivity index (χ1v) is 10.9. The molecule has 1 fully saturated rings. The summed E-state index contributed by atoms with van der Waals surface area (Å²) in [6.45, 7) is 5.12. The third-order valence-corrected chi connectivity index (χ3v) is 6.58. The van der Waals surface area contributed by atoms with Crippen molar-refractivity contribution in [2.75, 3.05) is 33.2 Å². The van der Waals surface area contributed by atoms with Gasteiger partial charge in [-0.2, -0.15) is 0 Å². The molecule has 0 unspecified atom stereocenters. The first-order valence-electron chi connectivity index (χ1n) is 9.42. The average molecular weight is 422 g/mol. The van der Waals surface area contributed by atoms with Gasteiger partial charge in [-0.05, 0) is 18.2 Å². The molecule has 1 aromatic heterocycles. The predicted octanol–water partition coefficient (Wildman–Crippen LogP) is -0.690. The van der Waals surface area contributed by atoms with Gasteiger partial charge in [0.05, 0.1) is 0 Å². The molecule has 0 radical (unpaired) electrons. The molecule has 0 atom stereocenters. The Hall–Kier alpha value is -2.27. The molecule has 1 aliphatic rings. The molecule has 1 aliphatic heterocycles. The lowest BCUT2D eigenvalue weighted by molar-refractivity contribution is 0.148. The SMILES string of the molecule is CN1CCN(Cc2ccc(CNS(=O)(=O)c3cn(C)c(=O)n(C)c3=O)cc2)CC1. The van der Waals surface area contributed by atoms with Crippen LogP contribution in [0.4, 0.5) is 0 Å². The molecular weight excluding hydrogens is 394 g/mol. The lowest BCUT2D eigenvalue weighted by Gasteiger charge is -2.32.